The Hall–Kier alpha value is -2.34. The predicted molar refractivity (Wildman–Crippen MR) is 103 cm³/mol. The van der Waals surface area contributed by atoms with Crippen LogP contribution in [-0.4, -0.2) is 43.0 Å². The minimum Gasteiger partial charge on any atom is -0.497 e. The van der Waals surface area contributed by atoms with Crippen LogP contribution in [0.3, 0.4) is 0 Å². The summed E-state index contributed by atoms with van der Waals surface area (Å²) in [7, 11) is 1.64. The van der Waals surface area contributed by atoms with Crippen molar-refractivity contribution in [3.05, 3.63) is 52.2 Å². The Kier molecular flexibility index (Phi) is 6.28. The third-order valence-corrected chi connectivity index (χ3v) is 5.50. The molecule has 2 aromatic rings. The number of piperidine rings is 1. The van der Waals surface area contributed by atoms with Gasteiger partial charge in [0.15, 0.2) is 0 Å². The van der Waals surface area contributed by atoms with E-state index in [1.54, 1.807) is 12.0 Å². The quantitative estimate of drug-likeness (QED) is 0.848. The summed E-state index contributed by atoms with van der Waals surface area (Å²) >= 11 is 1.42. The van der Waals surface area contributed by atoms with Gasteiger partial charge in [0.05, 0.1) is 12.0 Å². The second-order valence-corrected chi connectivity index (χ2v) is 7.33. The SMILES string of the molecule is COc1cccc(CCNC(=O)C2CCCCN2C(=O)c2cccs2)c1. The number of nitrogens with one attached hydrogen (secondary N) is 1. The maximum Gasteiger partial charge on any atom is 0.264 e. The Morgan fingerprint density at radius 3 is 2.92 bits per heavy atom. The van der Waals surface area contributed by atoms with Crippen molar-refractivity contribution in [2.24, 2.45) is 0 Å². The molecular formula is C20H24N2O3S. The number of rotatable bonds is 6. The molecule has 0 spiro atoms. The van der Waals surface area contributed by atoms with Crippen molar-refractivity contribution >= 4 is 23.2 Å². The lowest BCUT2D eigenvalue weighted by molar-refractivity contribution is -0.126. The first-order valence-electron chi connectivity index (χ1n) is 8.94. The Morgan fingerprint density at radius 1 is 1.27 bits per heavy atom. The monoisotopic (exact) mass is 372 g/mol. The molecule has 1 saturated heterocycles. The molecule has 0 bridgehead atoms. The van der Waals surface area contributed by atoms with E-state index in [0.29, 0.717) is 18.0 Å². The average molecular weight is 372 g/mol. The van der Waals surface area contributed by atoms with Crippen LogP contribution in [0.25, 0.3) is 0 Å². The molecule has 138 valence electrons. The summed E-state index contributed by atoms with van der Waals surface area (Å²) in [6.07, 6.45) is 3.38. The number of likely N-dealkylation sites (tertiary alicyclic amines) is 1. The van der Waals surface area contributed by atoms with Gasteiger partial charge in [-0.05, 0) is 54.8 Å². The minimum absolute atomic E-state index is 0.0346. The second-order valence-electron chi connectivity index (χ2n) is 6.38. The molecule has 6 heteroatoms. The Balaban J connectivity index is 1.57. The number of carbonyl (C=O) groups excluding carboxylic acids is 2. The van der Waals surface area contributed by atoms with E-state index in [0.717, 1.165) is 37.0 Å². The topological polar surface area (TPSA) is 58.6 Å². The zero-order valence-electron chi connectivity index (χ0n) is 14.9. The Morgan fingerprint density at radius 2 is 2.15 bits per heavy atom. The Bertz CT molecular complexity index is 745. The summed E-state index contributed by atoms with van der Waals surface area (Å²) in [4.78, 5) is 27.8. The highest BCUT2D eigenvalue weighted by Gasteiger charge is 2.32. The first-order valence-corrected chi connectivity index (χ1v) is 9.82. The Labute approximate surface area is 158 Å². The van der Waals surface area contributed by atoms with E-state index in [-0.39, 0.29) is 17.9 Å². The number of hydrogen-bond acceptors (Lipinski definition) is 4. The molecule has 2 amide bonds. The summed E-state index contributed by atoms with van der Waals surface area (Å²) < 4.78 is 5.22. The molecule has 1 aliphatic rings. The molecule has 1 fully saturated rings. The van der Waals surface area contributed by atoms with Crippen molar-refractivity contribution in [3.8, 4) is 5.75 Å². The van der Waals surface area contributed by atoms with E-state index in [1.165, 1.54) is 11.3 Å². The largest absolute Gasteiger partial charge is 0.497 e. The molecule has 1 unspecified atom stereocenters. The molecule has 1 aromatic heterocycles. The van der Waals surface area contributed by atoms with Crippen molar-refractivity contribution in [2.45, 2.75) is 31.7 Å². The summed E-state index contributed by atoms with van der Waals surface area (Å²) in [6, 6.07) is 11.1. The van der Waals surface area contributed by atoms with Crippen LogP contribution < -0.4 is 10.1 Å². The van der Waals surface area contributed by atoms with Crippen LogP contribution in [0.4, 0.5) is 0 Å². The standard InChI is InChI=1S/C20H24N2O3S/c1-25-16-7-4-6-15(14-16)10-11-21-19(23)17-8-2-3-12-22(17)20(24)18-9-5-13-26-18/h4-7,9,13-14,17H,2-3,8,10-12H2,1H3,(H,21,23). The van der Waals surface area contributed by atoms with E-state index in [2.05, 4.69) is 5.32 Å². The number of amides is 2. The van der Waals surface area contributed by atoms with Crippen LogP contribution in [0.1, 0.15) is 34.5 Å². The molecule has 1 aromatic carbocycles. The lowest BCUT2D eigenvalue weighted by Gasteiger charge is -2.34. The number of nitrogens with zero attached hydrogens (tertiary/aromatic N) is 1. The molecule has 1 atom stereocenters. The van der Waals surface area contributed by atoms with Gasteiger partial charge in [-0.3, -0.25) is 9.59 Å². The smallest absolute Gasteiger partial charge is 0.264 e. The molecule has 5 nitrogen and oxygen atoms in total. The van der Waals surface area contributed by atoms with Gasteiger partial charge in [-0.25, -0.2) is 0 Å². The van der Waals surface area contributed by atoms with Gasteiger partial charge in [0.2, 0.25) is 5.91 Å². The minimum atomic E-state index is -0.372. The molecule has 2 heterocycles. The van der Waals surface area contributed by atoms with Crippen LogP contribution in [-0.2, 0) is 11.2 Å². The van der Waals surface area contributed by atoms with E-state index in [4.69, 9.17) is 4.74 Å². The van der Waals surface area contributed by atoms with Crippen LogP contribution in [0.2, 0.25) is 0 Å². The zero-order valence-corrected chi connectivity index (χ0v) is 15.8. The fourth-order valence-corrected chi connectivity index (χ4v) is 3.94. The van der Waals surface area contributed by atoms with E-state index < -0.39 is 0 Å². The number of thiophene rings is 1. The maximum atomic E-state index is 12.7. The third-order valence-electron chi connectivity index (χ3n) is 4.65. The average Bonchev–Trinajstić information content (AvgIpc) is 3.22. The summed E-state index contributed by atoms with van der Waals surface area (Å²) in [5, 5.41) is 4.89. The van der Waals surface area contributed by atoms with Gasteiger partial charge in [-0.15, -0.1) is 11.3 Å². The van der Waals surface area contributed by atoms with E-state index in [9.17, 15) is 9.59 Å². The number of methoxy groups -OCH3 is 1. The van der Waals surface area contributed by atoms with Gasteiger partial charge in [0.1, 0.15) is 11.8 Å². The highest BCUT2D eigenvalue weighted by molar-refractivity contribution is 7.12. The summed E-state index contributed by atoms with van der Waals surface area (Å²) in [5.74, 6) is 0.721. The lowest BCUT2D eigenvalue weighted by atomic mass is 10.0. The molecule has 1 aliphatic heterocycles. The van der Waals surface area contributed by atoms with Crippen molar-refractivity contribution < 1.29 is 14.3 Å². The molecule has 26 heavy (non-hydrogen) atoms. The van der Waals surface area contributed by atoms with Gasteiger partial charge >= 0.3 is 0 Å². The van der Waals surface area contributed by atoms with Crippen molar-refractivity contribution in [1.29, 1.82) is 0 Å². The zero-order chi connectivity index (χ0) is 18.4. The molecular weight excluding hydrogens is 348 g/mol. The van der Waals surface area contributed by atoms with Gasteiger partial charge in [0, 0.05) is 13.1 Å². The normalized spacial score (nSPS) is 17.0. The summed E-state index contributed by atoms with van der Waals surface area (Å²) in [6.45, 7) is 1.19. The number of benzene rings is 1. The molecule has 0 radical (unpaired) electrons. The number of ether oxygens (including phenoxy) is 1. The van der Waals surface area contributed by atoms with Crippen LogP contribution >= 0.6 is 11.3 Å². The fraction of sp³-hybridized carbons (Fsp3) is 0.400. The highest BCUT2D eigenvalue weighted by atomic mass is 32.1. The first kappa shape index (κ1) is 18.5. The van der Waals surface area contributed by atoms with E-state index >= 15 is 0 Å². The molecule has 1 N–H and O–H groups in total. The molecule has 0 aliphatic carbocycles. The third kappa shape index (κ3) is 4.43. The highest BCUT2D eigenvalue weighted by Crippen LogP contribution is 2.22. The number of hydrogen-bond donors (Lipinski definition) is 1. The van der Waals surface area contributed by atoms with Gasteiger partial charge in [0.25, 0.3) is 5.91 Å². The predicted octanol–water partition coefficient (Wildman–Crippen LogP) is 3.11. The first-order chi connectivity index (χ1) is 12.7. The molecule has 0 saturated carbocycles. The van der Waals surface area contributed by atoms with Gasteiger partial charge in [-0.1, -0.05) is 18.2 Å². The van der Waals surface area contributed by atoms with Crippen LogP contribution in [0, 0.1) is 0 Å². The van der Waals surface area contributed by atoms with Crippen molar-refractivity contribution in [2.75, 3.05) is 20.2 Å². The van der Waals surface area contributed by atoms with Gasteiger partial charge in [-0.2, -0.15) is 0 Å². The van der Waals surface area contributed by atoms with Crippen LogP contribution in [0.5, 0.6) is 5.75 Å². The van der Waals surface area contributed by atoms with Crippen LogP contribution in [0.15, 0.2) is 41.8 Å². The number of carbonyl (C=O) groups is 2. The summed E-state index contributed by atoms with van der Waals surface area (Å²) in [5.41, 5.74) is 1.11. The van der Waals surface area contributed by atoms with Gasteiger partial charge < -0.3 is 15.0 Å². The van der Waals surface area contributed by atoms with Crippen molar-refractivity contribution in [1.82, 2.24) is 10.2 Å². The fourth-order valence-electron chi connectivity index (χ4n) is 3.26. The lowest BCUT2D eigenvalue weighted by Crippen LogP contribution is -2.52. The van der Waals surface area contributed by atoms with Crippen molar-refractivity contribution in [3.63, 3.8) is 0 Å². The maximum absolute atomic E-state index is 12.7. The van der Waals surface area contributed by atoms with E-state index in [1.807, 2.05) is 41.8 Å². The second kappa shape index (κ2) is 8.85. The molecule has 3 rings (SSSR count).